The molecule has 0 aromatic rings. The third kappa shape index (κ3) is 5.57. The van der Waals surface area contributed by atoms with Crippen molar-refractivity contribution in [1.82, 2.24) is 0 Å². The van der Waals surface area contributed by atoms with Crippen molar-refractivity contribution in [2.45, 2.75) is 149 Å². The highest BCUT2D eigenvalue weighted by atomic mass is 28.4. The predicted octanol–water partition coefficient (Wildman–Crippen LogP) is 8.26. The van der Waals surface area contributed by atoms with Gasteiger partial charge in [0.05, 0.1) is 11.7 Å². The molecule has 4 aliphatic rings. The first kappa shape index (κ1) is 30.2. The molecule has 0 saturated heterocycles. The summed E-state index contributed by atoms with van der Waals surface area (Å²) in [6, 6.07) is 0. The van der Waals surface area contributed by atoms with Gasteiger partial charge >= 0.3 is 0 Å². The van der Waals surface area contributed by atoms with E-state index in [2.05, 4.69) is 79.7 Å². The van der Waals surface area contributed by atoms with Gasteiger partial charge in [0.1, 0.15) is 5.78 Å². The zero-order chi connectivity index (χ0) is 27.8. The summed E-state index contributed by atoms with van der Waals surface area (Å²) in [5, 5.41) is 0. The molecule has 0 radical (unpaired) electrons. The molecular weight excluding hydrogens is 509 g/mol. The standard InChI is InChI=1S/C30H58O4Si3/c1-21(32-35(4,5)6)30(34-37(10,11)12)18-16-25-24-14-13-22-19-23(33-36(7,8)9)15-17-28(22,2)27(24)26(31)20-29(25,30)3/h21-25,27H,13-20H2,1-12H3/t21-,22?,23-,24?,25?,27?,28?,29?,30-/m0/s1. The Bertz CT molecular complexity index is 874. The number of ketones is 1. The maximum Gasteiger partial charge on any atom is 0.184 e. The molecule has 0 aromatic heterocycles. The van der Waals surface area contributed by atoms with E-state index < -0.39 is 25.0 Å². The van der Waals surface area contributed by atoms with Crippen molar-refractivity contribution < 1.29 is 18.1 Å². The minimum atomic E-state index is -1.88. The van der Waals surface area contributed by atoms with E-state index in [0.29, 0.717) is 36.1 Å². The van der Waals surface area contributed by atoms with Gasteiger partial charge in [0.15, 0.2) is 25.0 Å². The molecule has 0 aromatic carbocycles. The lowest BCUT2D eigenvalue weighted by molar-refractivity contribution is -0.183. The van der Waals surface area contributed by atoms with Gasteiger partial charge in [0.2, 0.25) is 0 Å². The van der Waals surface area contributed by atoms with Gasteiger partial charge in [0.25, 0.3) is 0 Å². The largest absolute Gasteiger partial charge is 0.415 e. The van der Waals surface area contributed by atoms with Gasteiger partial charge in [-0.25, -0.2) is 0 Å². The molecule has 0 N–H and O–H groups in total. The zero-order valence-corrected chi connectivity index (χ0v) is 29.3. The fraction of sp³-hybridized carbons (Fsp3) is 0.967. The Morgan fingerprint density at radius 1 is 0.838 bits per heavy atom. The summed E-state index contributed by atoms with van der Waals surface area (Å²) < 4.78 is 20.7. The first-order valence-corrected chi connectivity index (χ1v) is 25.5. The Balaban J connectivity index is 1.65. The highest BCUT2D eigenvalue weighted by molar-refractivity contribution is 6.70. The van der Waals surface area contributed by atoms with Crippen molar-refractivity contribution in [2.24, 2.45) is 34.5 Å². The third-order valence-corrected chi connectivity index (χ3v) is 13.8. The molecule has 0 heterocycles. The van der Waals surface area contributed by atoms with E-state index in [1.165, 1.54) is 19.3 Å². The molecule has 0 spiro atoms. The maximum absolute atomic E-state index is 14.4. The molecule has 4 fully saturated rings. The van der Waals surface area contributed by atoms with Crippen LogP contribution in [-0.4, -0.2) is 48.5 Å². The summed E-state index contributed by atoms with van der Waals surface area (Å²) in [4.78, 5) is 14.4. The Hall–Kier alpha value is 0.201. The van der Waals surface area contributed by atoms with Crippen LogP contribution in [0.5, 0.6) is 0 Å². The average molecular weight is 567 g/mol. The van der Waals surface area contributed by atoms with Crippen molar-refractivity contribution in [1.29, 1.82) is 0 Å². The number of rotatable bonds is 7. The lowest BCUT2D eigenvalue weighted by Gasteiger charge is -2.62. The first-order valence-electron chi connectivity index (χ1n) is 15.3. The van der Waals surface area contributed by atoms with E-state index in [1.807, 2.05) is 0 Å². The predicted molar refractivity (Wildman–Crippen MR) is 161 cm³/mol. The van der Waals surface area contributed by atoms with Crippen LogP contribution < -0.4 is 0 Å². The molecule has 0 bridgehead atoms. The van der Waals surface area contributed by atoms with Crippen LogP contribution in [0.25, 0.3) is 0 Å². The Morgan fingerprint density at radius 2 is 1.49 bits per heavy atom. The van der Waals surface area contributed by atoms with Gasteiger partial charge in [-0.1, -0.05) is 13.8 Å². The van der Waals surface area contributed by atoms with Crippen LogP contribution >= 0.6 is 0 Å². The van der Waals surface area contributed by atoms with Crippen LogP contribution in [0.1, 0.15) is 72.1 Å². The fourth-order valence-electron chi connectivity index (χ4n) is 9.75. The molecule has 4 saturated carbocycles. The lowest BCUT2D eigenvalue weighted by atomic mass is 9.44. The van der Waals surface area contributed by atoms with Crippen molar-refractivity contribution >= 4 is 30.7 Å². The first-order chi connectivity index (χ1) is 16.7. The minimum Gasteiger partial charge on any atom is -0.415 e. The van der Waals surface area contributed by atoms with Crippen LogP contribution in [0, 0.1) is 34.5 Å². The van der Waals surface area contributed by atoms with Crippen LogP contribution in [-0.2, 0) is 18.1 Å². The van der Waals surface area contributed by atoms with Crippen molar-refractivity contribution in [3.63, 3.8) is 0 Å². The molecule has 4 rings (SSSR count). The van der Waals surface area contributed by atoms with Gasteiger partial charge < -0.3 is 13.3 Å². The quantitative estimate of drug-likeness (QED) is 0.291. The second-order valence-electron chi connectivity index (χ2n) is 16.7. The minimum absolute atomic E-state index is 0.0197. The zero-order valence-electron chi connectivity index (χ0n) is 26.3. The number of hydrogen-bond donors (Lipinski definition) is 0. The normalized spacial score (nSPS) is 43.7. The Morgan fingerprint density at radius 3 is 2.05 bits per heavy atom. The van der Waals surface area contributed by atoms with E-state index in [0.717, 1.165) is 25.7 Å². The number of fused-ring (bicyclic) bond motifs is 5. The molecule has 7 heteroatoms. The van der Waals surface area contributed by atoms with Gasteiger partial charge in [-0.3, -0.25) is 4.79 Å². The SMILES string of the molecule is C[C@H](O[Si](C)(C)C)[C@@]1(O[Si](C)(C)C)CCC2C3CCC4C[C@@H](O[Si](C)(C)C)CCC4(C)C3C(=O)CC21C. The molecule has 0 aliphatic heterocycles. The van der Waals surface area contributed by atoms with Crippen LogP contribution in [0.15, 0.2) is 0 Å². The molecule has 4 aliphatic carbocycles. The second kappa shape index (κ2) is 9.64. The van der Waals surface area contributed by atoms with E-state index in [1.54, 1.807) is 0 Å². The van der Waals surface area contributed by atoms with Crippen LogP contribution in [0.2, 0.25) is 58.9 Å². The molecule has 214 valence electrons. The molecule has 9 atom stereocenters. The summed E-state index contributed by atoms with van der Waals surface area (Å²) in [6.07, 6.45) is 9.18. The molecule has 37 heavy (non-hydrogen) atoms. The summed E-state index contributed by atoms with van der Waals surface area (Å²) in [7, 11) is -5.20. The van der Waals surface area contributed by atoms with E-state index >= 15 is 0 Å². The summed E-state index contributed by atoms with van der Waals surface area (Å²) >= 11 is 0. The topological polar surface area (TPSA) is 44.8 Å². The Labute approximate surface area is 231 Å². The highest BCUT2D eigenvalue weighted by Crippen LogP contribution is 2.69. The molecule has 0 amide bonds. The monoisotopic (exact) mass is 566 g/mol. The van der Waals surface area contributed by atoms with Crippen molar-refractivity contribution in [3.8, 4) is 0 Å². The summed E-state index contributed by atoms with van der Waals surface area (Å²) in [5.41, 5.74) is -0.373. The van der Waals surface area contributed by atoms with Gasteiger partial charge in [-0.05, 0) is 134 Å². The van der Waals surface area contributed by atoms with Gasteiger partial charge in [-0.15, -0.1) is 0 Å². The molecule has 4 nitrogen and oxygen atoms in total. The number of carbonyl (C=O) groups is 1. The summed E-state index contributed by atoms with van der Waals surface area (Å²) in [5.74, 6) is 2.41. The van der Waals surface area contributed by atoms with Crippen molar-refractivity contribution in [2.75, 3.05) is 0 Å². The molecular formula is C30H58O4Si3. The highest BCUT2D eigenvalue weighted by Gasteiger charge is 2.70. The second-order valence-corrected chi connectivity index (χ2v) is 30.1. The van der Waals surface area contributed by atoms with Crippen LogP contribution in [0.4, 0.5) is 0 Å². The summed E-state index contributed by atoms with van der Waals surface area (Å²) in [6.45, 7) is 27.9. The Kier molecular flexibility index (Phi) is 7.86. The van der Waals surface area contributed by atoms with Gasteiger partial charge in [-0.2, -0.15) is 0 Å². The smallest absolute Gasteiger partial charge is 0.184 e. The lowest BCUT2D eigenvalue weighted by Crippen LogP contribution is -2.65. The van der Waals surface area contributed by atoms with E-state index in [4.69, 9.17) is 13.3 Å². The van der Waals surface area contributed by atoms with E-state index in [-0.39, 0.29) is 28.5 Å². The number of Topliss-reactive ketones (excluding diaryl/α,β-unsaturated/α-hetero) is 1. The van der Waals surface area contributed by atoms with Gasteiger partial charge in [0, 0.05) is 23.9 Å². The molecule has 6 unspecified atom stereocenters. The number of carbonyl (C=O) groups excluding carboxylic acids is 1. The average Bonchev–Trinajstić information content (AvgIpc) is 2.97. The fourth-order valence-corrected chi connectivity index (χ4v) is 13.8. The van der Waals surface area contributed by atoms with Crippen molar-refractivity contribution in [3.05, 3.63) is 0 Å². The third-order valence-electron chi connectivity index (χ3n) is 10.7. The number of hydrogen-bond acceptors (Lipinski definition) is 4. The van der Waals surface area contributed by atoms with E-state index in [9.17, 15) is 4.79 Å². The van der Waals surface area contributed by atoms with Crippen LogP contribution in [0.3, 0.4) is 0 Å². The maximum atomic E-state index is 14.4.